The van der Waals surface area contributed by atoms with Gasteiger partial charge in [0, 0.05) is 0 Å². The third-order valence-electron chi connectivity index (χ3n) is 2.72. The number of sulfonamides is 1. The summed E-state index contributed by atoms with van der Waals surface area (Å²) < 4.78 is 36.2. The number of benzene rings is 1. The van der Waals surface area contributed by atoms with Crippen molar-refractivity contribution >= 4 is 16.0 Å². The number of carbonyl (C=O) groups is 1. The van der Waals surface area contributed by atoms with E-state index < -0.39 is 28.6 Å². The zero-order valence-electron chi connectivity index (χ0n) is 12.1. The first-order valence-corrected chi connectivity index (χ1v) is 7.78. The molecule has 118 valence electrons. The van der Waals surface area contributed by atoms with E-state index >= 15 is 0 Å². The van der Waals surface area contributed by atoms with Crippen LogP contribution in [-0.4, -0.2) is 45.9 Å². The molecule has 0 fully saturated rings. The van der Waals surface area contributed by atoms with Gasteiger partial charge in [-0.2, -0.15) is 4.72 Å². The first-order chi connectivity index (χ1) is 9.85. The largest absolute Gasteiger partial charge is 0.494 e. The first-order valence-electron chi connectivity index (χ1n) is 6.30. The van der Waals surface area contributed by atoms with Crippen molar-refractivity contribution in [1.82, 2.24) is 4.72 Å². The highest BCUT2D eigenvalue weighted by molar-refractivity contribution is 7.89. The van der Waals surface area contributed by atoms with Gasteiger partial charge in [0.05, 0.1) is 25.2 Å². The highest BCUT2D eigenvalue weighted by Gasteiger charge is 2.26. The number of carbonyl (C=O) groups excluding carboxylic acids is 1. The number of hydrogen-bond donors (Lipinski definition) is 2. The molecule has 1 unspecified atom stereocenters. The first kappa shape index (κ1) is 17.4. The van der Waals surface area contributed by atoms with Crippen LogP contribution < -0.4 is 9.46 Å². The SMILES string of the molecule is CCOc1ccc(S(=O)(=O)NC(CO)C(=O)OC)cc1C. The molecular weight excluding hydrogens is 298 g/mol. The number of nitrogens with one attached hydrogen (secondary N) is 1. The van der Waals surface area contributed by atoms with Gasteiger partial charge in [0.25, 0.3) is 0 Å². The molecule has 2 N–H and O–H groups in total. The highest BCUT2D eigenvalue weighted by atomic mass is 32.2. The fourth-order valence-corrected chi connectivity index (χ4v) is 2.92. The van der Waals surface area contributed by atoms with Gasteiger partial charge in [-0.15, -0.1) is 0 Å². The molecule has 0 radical (unpaired) electrons. The Bertz CT molecular complexity index is 599. The minimum Gasteiger partial charge on any atom is -0.494 e. The summed E-state index contributed by atoms with van der Waals surface area (Å²) in [5.74, 6) is -0.271. The molecule has 0 amide bonds. The summed E-state index contributed by atoms with van der Waals surface area (Å²) >= 11 is 0. The van der Waals surface area contributed by atoms with E-state index in [9.17, 15) is 13.2 Å². The zero-order chi connectivity index (χ0) is 16.0. The third kappa shape index (κ3) is 4.42. The topological polar surface area (TPSA) is 102 Å². The fraction of sp³-hybridized carbons (Fsp3) is 0.462. The minimum absolute atomic E-state index is 0.0224. The van der Waals surface area contributed by atoms with Gasteiger partial charge in [-0.25, -0.2) is 8.42 Å². The lowest BCUT2D eigenvalue weighted by atomic mass is 10.2. The fourth-order valence-electron chi connectivity index (χ4n) is 1.66. The molecule has 0 aliphatic rings. The Morgan fingerprint density at radius 3 is 2.57 bits per heavy atom. The second kappa shape index (κ2) is 7.39. The monoisotopic (exact) mass is 317 g/mol. The van der Waals surface area contributed by atoms with Crippen LogP contribution in [0.15, 0.2) is 23.1 Å². The summed E-state index contributed by atoms with van der Waals surface area (Å²) in [7, 11) is -2.84. The maximum atomic E-state index is 12.2. The van der Waals surface area contributed by atoms with Crippen molar-refractivity contribution < 1.29 is 27.8 Å². The van der Waals surface area contributed by atoms with Crippen LogP contribution in [0.1, 0.15) is 12.5 Å². The Labute approximate surface area is 123 Å². The Balaban J connectivity index is 3.02. The van der Waals surface area contributed by atoms with Crippen molar-refractivity contribution in [3.8, 4) is 5.75 Å². The molecule has 0 aliphatic heterocycles. The number of aryl methyl sites for hydroxylation is 1. The molecule has 0 aliphatic carbocycles. The van der Waals surface area contributed by atoms with Crippen molar-refractivity contribution in [3.63, 3.8) is 0 Å². The predicted molar refractivity (Wildman–Crippen MR) is 75.6 cm³/mol. The quantitative estimate of drug-likeness (QED) is 0.697. The molecule has 0 bridgehead atoms. The molecule has 0 saturated carbocycles. The van der Waals surface area contributed by atoms with Crippen LogP contribution >= 0.6 is 0 Å². The summed E-state index contributed by atoms with van der Waals surface area (Å²) in [5.41, 5.74) is 0.651. The van der Waals surface area contributed by atoms with E-state index in [0.717, 1.165) is 7.11 Å². The number of esters is 1. The third-order valence-corrected chi connectivity index (χ3v) is 4.19. The van der Waals surface area contributed by atoms with E-state index in [1.807, 2.05) is 6.92 Å². The van der Waals surface area contributed by atoms with Crippen LogP contribution in [0.3, 0.4) is 0 Å². The number of hydrogen-bond acceptors (Lipinski definition) is 6. The van der Waals surface area contributed by atoms with Gasteiger partial charge >= 0.3 is 5.97 Å². The van der Waals surface area contributed by atoms with Gasteiger partial charge in [-0.05, 0) is 37.6 Å². The Hall–Kier alpha value is -1.64. The second-order valence-electron chi connectivity index (χ2n) is 4.24. The molecule has 0 aromatic heterocycles. The van der Waals surface area contributed by atoms with Crippen LogP contribution in [0.4, 0.5) is 0 Å². The van der Waals surface area contributed by atoms with Gasteiger partial charge in [-0.3, -0.25) is 4.79 Å². The average molecular weight is 317 g/mol. The van der Waals surface area contributed by atoms with Gasteiger partial charge in [-0.1, -0.05) is 0 Å². The summed E-state index contributed by atoms with van der Waals surface area (Å²) in [4.78, 5) is 11.3. The average Bonchev–Trinajstić information content (AvgIpc) is 2.46. The van der Waals surface area contributed by atoms with E-state index in [2.05, 4.69) is 9.46 Å². The molecule has 1 rings (SSSR count). The van der Waals surface area contributed by atoms with Crippen molar-refractivity contribution in [3.05, 3.63) is 23.8 Å². The molecule has 0 heterocycles. The number of rotatable bonds is 7. The van der Waals surface area contributed by atoms with Gasteiger partial charge in [0.1, 0.15) is 11.8 Å². The van der Waals surface area contributed by atoms with E-state index in [1.54, 1.807) is 13.0 Å². The maximum absolute atomic E-state index is 12.2. The molecular formula is C13H19NO6S. The van der Waals surface area contributed by atoms with E-state index in [-0.39, 0.29) is 4.90 Å². The molecule has 21 heavy (non-hydrogen) atoms. The zero-order valence-corrected chi connectivity index (χ0v) is 12.9. The molecule has 1 aromatic carbocycles. The lowest BCUT2D eigenvalue weighted by Gasteiger charge is -2.15. The Morgan fingerprint density at radius 1 is 1.43 bits per heavy atom. The molecule has 0 saturated heterocycles. The van der Waals surface area contributed by atoms with Gasteiger partial charge in [0.2, 0.25) is 10.0 Å². The summed E-state index contributed by atoms with van der Waals surface area (Å²) in [6, 6.07) is 3.00. The summed E-state index contributed by atoms with van der Waals surface area (Å²) in [6.07, 6.45) is 0. The number of aliphatic hydroxyl groups excluding tert-OH is 1. The van der Waals surface area contributed by atoms with E-state index in [1.165, 1.54) is 12.1 Å². The smallest absolute Gasteiger partial charge is 0.326 e. The number of ether oxygens (including phenoxy) is 2. The molecule has 7 nitrogen and oxygen atoms in total. The van der Waals surface area contributed by atoms with E-state index in [0.29, 0.717) is 17.9 Å². The maximum Gasteiger partial charge on any atom is 0.326 e. The minimum atomic E-state index is -3.95. The molecule has 1 aromatic rings. The van der Waals surface area contributed by atoms with E-state index in [4.69, 9.17) is 9.84 Å². The van der Waals surface area contributed by atoms with Crippen molar-refractivity contribution in [2.24, 2.45) is 0 Å². The number of aliphatic hydroxyl groups is 1. The van der Waals surface area contributed by atoms with Crippen LogP contribution in [0.5, 0.6) is 5.75 Å². The summed E-state index contributed by atoms with van der Waals surface area (Å²) in [6.45, 7) is 3.32. The normalized spacial score (nSPS) is 12.8. The Morgan fingerprint density at radius 2 is 2.10 bits per heavy atom. The standard InChI is InChI=1S/C13H19NO6S/c1-4-20-12-6-5-10(7-9(12)2)21(17,18)14-11(8-15)13(16)19-3/h5-7,11,14-15H,4,8H2,1-3H3. The van der Waals surface area contributed by atoms with Crippen LogP contribution in [-0.2, 0) is 19.6 Å². The van der Waals surface area contributed by atoms with Gasteiger partial charge < -0.3 is 14.6 Å². The van der Waals surface area contributed by atoms with Crippen LogP contribution in [0.25, 0.3) is 0 Å². The van der Waals surface area contributed by atoms with Crippen LogP contribution in [0.2, 0.25) is 0 Å². The lowest BCUT2D eigenvalue weighted by molar-refractivity contribution is -0.143. The highest BCUT2D eigenvalue weighted by Crippen LogP contribution is 2.21. The molecule has 8 heteroatoms. The second-order valence-corrected chi connectivity index (χ2v) is 5.95. The van der Waals surface area contributed by atoms with Crippen molar-refractivity contribution in [2.75, 3.05) is 20.3 Å². The predicted octanol–water partition coefficient (Wildman–Crippen LogP) is 0.206. The van der Waals surface area contributed by atoms with Crippen LogP contribution in [0, 0.1) is 6.92 Å². The van der Waals surface area contributed by atoms with Gasteiger partial charge in [0.15, 0.2) is 0 Å². The summed E-state index contributed by atoms with van der Waals surface area (Å²) in [5, 5.41) is 9.06. The Kier molecular flexibility index (Phi) is 6.13. The molecule has 0 spiro atoms. The van der Waals surface area contributed by atoms with Crippen molar-refractivity contribution in [2.45, 2.75) is 24.8 Å². The number of methoxy groups -OCH3 is 1. The lowest BCUT2D eigenvalue weighted by Crippen LogP contribution is -2.43. The van der Waals surface area contributed by atoms with Crippen molar-refractivity contribution in [1.29, 1.82) is 0 Å². The molecule has 1 atom stereocenters.